The first-order valence-corrected chi connectivity index (χ1v) is 7.24. The van der Waals surface area contributed by atoms with E-state index >= 15 is 0 Å². The molecule has 7 heteroatoms. The van der Waals surface area contributed by atoms with Crippen LogP contribution in [0.15, 0.2) is 52.9 Å². The first-order valence-electron chi connectivity index (χ1n) is 7.24. The number of fused-ring (bicyclic) bond motifs is 2. The van der Waals surface area contributed by atoms with Crippen molar-refractivity contribution in [2.24, 2.45) is 0 Å². The minimum absolute atomic E-state index is 0.145. The van der Waals surface area contributed by atoms with Gasteiger partial charge >= 0.3 is 6.18 Å². The standard InChI is InChI=1S/C18H8F3NO3/c19-18(20,21)12-8-4-3-7-11(12)17-22-13-14(23)9-5-1-2-6-10(9)15(24)16(13)25-17/h1-8H. The highest BCUT2D eigenvalue weighted by atomic mass is 19.4. The maximum atomic E-state index is 13.2. The highest BCUT2D eigenvalue weighted by Gasteiger charge is 2.38. The van der Waals surface area contributed by atoms with Crippen molar-refractivity contribution in [2.75, 3.05) is 0 Å². The molecular formula is C18H8F3NO3. The molecule has 25 heavy (non-hydrogen) atoms. The van der Waals surface area contributed by atoms with Crippen molar-refractivity contribution in [2.45, 2.75) is 6.18 Å². The molecule has 4 rings (SSSR count). The quantitative estimate of drug-likeness (QED) is 0.521. The van der Waals surface area contributed by atoms with Crippen molar-refractivity contribution in [1.29, 1.82) is 0 Å². The molecule has 1 aromatic heterocycles. The number of benzene rings is 2. The molecule has 1 aliphatic rings. The molecule has 0 fully saturated rings. The van der Waals surface area contributed by atoms with Crippen molar-refractivity contribution >= 4 is 11.6 Å². The third-order valence-corrected chi connectivity index (χ3v) is 3.93. The molecule has 0 unspecified atom stereocenters. The zero-order valence-corrected chi connectivity index (χ0v) is 12.4. The van der Waals surface area contributed by atoms with E-state index in [1.807, 2.05) is 0 Å². The summed E-state index contributed by atoms with van der Waals surface area (Å²) in [5, 5.41) is 0. The number of nitrogens with zero attached hydrogens (tertiary/aromatic N) is 1. The molecule has 1 heterocycles. The summed E-state index contributed by atoms with van der Waals surface area (Å²) in [7, 11) is 0. The largest absolute Gasteiger partial charge is 0.432 e. The molecule has 2 aromatic carbocycles. The fourth-order valence-electron chi connectivity index (χ4n) is 2.79. The Labute approximate surface area is 138 Å². The molecule has 4 nitrogen and oxygen atoms in total. The van der Waals surface area contributed by atoms with E-state index < -0.39 is 29.2 Å². The van der Waals surface area contributed by atoms with Crippen LogP contribution in [0.3, 0.4) is 0 Å². The maximum Gasteiger partial charge on any atom is 0.417 e. The predicted molar refractivity (Wildman–Crippen MR) is 80.2 cm³/mol. The Morgan fingerprint density at radius 1 is 0.800 bits per heavy atom. The van der Waals surface area contributed by atoms with E-state index in [1.165, 1.54) is 30.3 Å². The van der Waals surface area contributed by atoms with Gasteiger partial charge in [-0.25, -0.2) is 4.98 Å². The minimum Gasteiger partial charge on any atom is -0.432 e. The molecule has 0 amide bonds. The van der Waals surface area contributed by atoms with Crippen LogP contribution in [0.2, 0.25) is 0 Å². The number of carbonyl (C=O) groups is 2. The summed E-state index contributed by atoms with van der Waals surface area (Å²) < 4.78 is 44.8. The first-order chi connectivity index (χ1) is 11.9. The average Bonchev–Trinajstić information content (AvgIpc) is 3.05. The second kappa shape index (κ2) is 5.14. The zero-order valence-electron chi connectivity index (χ0n) is 12.4. The van der Waals surface area contributed by atoms with Gasteiger partial charge in [0, 0.05) is 16.7 Å². The van der Waals surface area contributed by atoms with E-state index in [2.05, 4.69) is 4.98 Å². The fourth-order valence-corrected chi connectivity index (χ4v) is 2.79. The van der Waals surface area contributed by atoms with Crippen molar-refractivity contribution in [1.82, 2.24) is 4.98 Å². The van der Waals surface area contributed by atoms with Gasteiger partial charge in [0.05, 0.1) is 5.56 Å². The molecule has 0 saturated heterocycles. The van der Waals surface area contributed by atoms with Gasteiger partial charge in [0.15, 0.2) is 5.69 Å². The minimum atomic E-state index is -4.62. The van der Waals surface area contributed by atoms with E-state index in [9.17, 15) is 22.8 Å². The lowest BCUT2D eigenvalue weighted by atomic mass is 9.91. The van der Waals surface area contributed by atoms with Gasteiger partial charge < -0.3 is 4.42 Å². The van der Waals surface area contributed by atoms with Crippen LogP contribution >= 0.6 is 0 Å². The van der Waals surface area contributed by atoms with Crippen LogP contribution in [-0.2, 0) is 6.18 Å². The number of alkyl halides is 3. The van der Waals surface area contributed by atoms with Crippen LogP contribution in [0.5, 0.6) is 0 Å². The summed E-state index contributed by atoms with van der Waals surface area (Å²) in [5.41, 5.74) is -1.24. The van der Waals surface area contributed by atoms with Crippen LogP contribution in [0.25, 0.3) is 11.5 Å². The Hall–Kier alpha value is -3.22. The SMILES string of the molecule is O=C1c2ccccc2C(=O)c2oc(-c3ccccc3C(F)(F)F)nc21. The number of hydrogen-bond donors (Lipinski definition) is 0. The van der Waals surface area contributed by atoms with Crippen molar-refractivity contribution in [3.05, 3.63) is 76.7 Å². The van der Waals surface area contributed by atoms with Crippen LogP contribution in [0.1, 0.15) is 37.7 Å². The monoisotopic (exact) mass is 343 g/mol. The van der Waals surface area contributed by atoms with Crippen LogP contribution in [0, 0.1) is 0 Å². The predicted octanol–water partition coefficient (Wildman–Crippen LogP) is 4.14. The third kappa shape index (κ3) is 2.27. The summed E-state index contributed by atoms with van der Waals surface area (Å²) in [4.78, 5) is 28.8. The van der Waals surface area contributed by atoms with E-state index in [0.29, 0.717) is 0 Å². The lowest BCUT2D eigenvalue weighted by Crippen LogP contribution is -2.19. The normalized spacial score (nSPS) is 13.6. The van der Waals surface area contributed by atoms with Gasteiger partial charge in [-0.1, -0.05) is 36.4 Å². The number of ketones is 2. The molecule has 3 aromatic rings. The highest BCUT2D eigenvalue weighted by molar-refractivity contribution is 6.26. The molecule has 1 aliphatic carbocycles. The van der Waals surface area contributed by atoms with Gasteiger partial charge in [-0.3, -0.25) is 9.59 Å². The number of oxazole rings is 1. The van der Waals surface area contributed by atoms with Gasteiger partial charge in [-0.2, -0.15) is 13.2 Å². The average molecular weight is 343 g/mol. The number of carbonyl (C=O) groups excluding carboxylic acids is 2. The van der Waals surface area contributed by atoms with Crippen LogP contribution < -0.4 is 0 Å². The number of hydrogen-bond acceptors (Lipinski definition) is 4. The molecule has 0 radical (unpaired) electrons. The Balaban J connectivity index is 1.91. The van der Waals surface area contributed by atoms with Crippen LogP contribution in [-0.4, -0.2) is 16.6 Å². The molecule has 0 atom stereocenters. The Morgan fingerprint density at radius 3 is 2.00 bits per heavy atom. The molecule has 124 valence electrons. The smallest absolute Gasteiger partial charge is 0.417 e. The Kier molecular flexibility index (Phi) is 3.15. The Morgan fingerprint density at radius 2 is 1.36 bits per heavy atom. The molecule has 0 N–H and O–H groups in total. The summed E-state index contributed by atoms with van der Waals surface area (Å²) in [6, 6.07) is 10.8. The highest BCUT2D eigenvalue weighted by Crippen LogP contribution is 2.38. The molecule has 0 spiro atoms. The Bertz CT molecular complexity index is 982. The lowest BCUT2D eigenvalue weighted by molar-refractivity contribution is -0.137. The molecule has 0 aliphatic heterocycles. The van der Waals surface area contributed by atoms with Gasteiger partial charge in [0.2, 0.25) is 23.2 Å². The van der Waals surface area contributed by atoms with Gasteiger partial charge in [0.25, 0.3) is 0 Å². The van der Waals surface area contributed by atoms with Crippen molar-refractivity contribution < 1.29 is 27.2 Å². The second-order valence-corrected chi connectivity index (χ2v) is 5.44. The summed E-state index contributed by atoms with van der Waals surface area (Å²) in [6.07, 6.45) is -4.62. The number of rotatable bonds is 1. The first kappa shape index (κ1) is 15.3. The van der Waals surface area contributed by atoms with Gasteiger partial charge in [0.1, 0.15) is 0 Å². The summed E-state index contributed by atoms with van der Waals surface area (Å²) in [6.45, 7) is 0. The van der Waals surface area contributed by atoms with Crippen molar-refractivity contribution in [3.8, 4) is 11.5 Å². The third-order valence-electron chi connectivity index (χ3n) is 3.93. The molecule has 0 saturated carbocycles. The summed E-state index contributed by atoms with van der Waals surface area (Å²) >= 11 is 0. The van der Waals surface area contributed by atoms with E-state index in [4.69, 9.17) is 4.42 Å². The topological polar surface area (TPSA) is 60.2 Å². The number of aromatic nitrogens is 1. The van der Waals surface area contributed by atoms with Gasteiger partial charge in [-0.05, 0) is 12.1 Å². The van der Waals surface area contributed by atoms with E-state index in [1.54, 1.807) is 12.1 Å². The van der Waals surface area contributed by atoms with Crippen LogP contribution in [0.4, 0.5) is 13.2 Å². The lowest BCUT2D eigenvalue weighted by Gasteiger charge is -2.10. The second-order valence-electron chi connectivity index (χ2n) is 5.44. The number of halogens is 3. The maximum absolute atomic E-state index is 13.2. The van der Waals surface area contributed by atoms with E-state index in [0.717, 1.165) is 6.07 Å². The van der Waals surface area contributed by atoms with E-state index in [-0.39, 0.29) is 28.1 Å². The molecular weight excluding hydrogens is 335 g/mol. The van der Waals surface area contributed by atoms with Gasteiger partial charge in [-0.15, -0.1) is 0 Å². The zero-order chi connectivity index (χ0) is 17.8. The van der Waals surface area contributed by atoms with Crippen molar-refractivity contribution in [3.63, 3.8) is 0 Å². The fraction of sp³-hybridized carbons (Fsp3) is 0.0556. The molecule has 0 bridgehead atoms. The summed E-state index contributed by atoms with van der Waals surface area (Å²) in [5.74, 6) is -1.87.